The van der Waals surface area contributed by atoms with Gasteiger partial charge in [-0.25, -0.2) is 13.2 Å². The van der Waals surface area contributed by atoms with Crippen LogP contribution >= 0.6 is 11.3 Å². The zero-order valence-electron chi connectivity index (χ0n) is 21.0. The summed E-state index contributed by atoms with van der Waals surface area (Å²) in [4.78, 5) is 30.6. The number of hydrogen-bond donors (Lipinski definition) is 2. The molecule has 2 amide bonds. The van der Waals surface area contributed by atoms with Gasteiger partial charge in [-0.05, 0) is 48.7 Å². The van der Waals surface area contributed by atoms with E-state index in [1.807, 2.05) is 6.07 Å². The van der Waals surface area contributed by atoms with Crippen molar-refractivity contribution in [1.29, 1.82) is 0 Å². The second-order valence-corrected chi connectivity index (χ2v) is 10.1. The van der Waals surface area contributed by atoms with E-state index < -0.39 is 35.3 Å². The SMILES string of the molecule is O=C(Cc1cccnc1)Nc1ccc(N2CCC(c3nnc(NC(=O)Cc4c(F)ccc(F)c4F)s3)CC2)nn1. The Kier molecular flexibility index (Phi) is 8.24. The van der Waals surface area contributed by atoms with Crippen LogP contribution < -0.4 is 15.5 Å². The van der Waals surface area contributed by atoms with E-state index >= 15 is 0 Å². The number of carbonyl (C=O) groups excluding carboxylic acids is 2. The van der Waals surface area contributed by atoms with Gasteiger partial charge >= 0.3 is 0 Å². The Hall–Kier alpha value is -4.46. The minimum Gasteiger partial charge on any atom is -0.355 e. The van der Waals surface area contributed by atoms with E-state index in [9.17, 15) is 22.8 Å². The molecule has 1 saturated heterocycles. The smallest absolute Gasteiger partial charge is 0.230 e. The Morgan fingerprint density at radius 3 is 2.40 bits per heavy atom. The predicted octanol–water partition coefficient (Wildman–Crippen LogP) is 3.89. The number of hydrogen-bond acceptors (Lipinski definition) is 9. The van der Waals surface area contributed by atoms with Crippen LogP contribution in [0.2, 0.25) is 0 Å². The number of pyridine rings is 1. The fourth-order valence-corrected chi connectivity index (χ4v) is 5.23. The third-order valence-electron chi connectivity index (χ3n) is 6.34. The van der Waals surface area contributed by atoms with E-state index in [-0.39, 0.29) is 23.4 Å². The molecule has 10 nitrogen and oxygen atoms in total. The highest BCUT2D eigenvalue weighted by atomic mass is 32.1. The zero-order chi connectivity index (χ0) is 28.1. The molecule has 3 aromatic heterocycles. The summed E-state index contributed by atoms with van der Waals surface area (Å²) in [6, 6.07) is 8.55. The minimum absolute atomic E-state index is 0.108. The van der Waals surface area contributed by atoms with Crippen molar-refractivity contribution >= 4 is 39.9 Å². The molecule has 206 valence electrons. The lowest BCUT2D eigenvalue weighted by Crippen LogP contribution is -2.33. The number of rotatable bonds is 8. The van der Waals surface area contributed by atoms with Crippen molar-refractivity contribution in [2.75, 3.05) is 28.6 Å². The van der Waals surface area contributed by atoms with Crippen LogP contribution in [0.3, 0.4) is 0 Å². The molecular weight excluding hydrogens is 545 g/mol. The maximum absolute atomic E-state index is 13.9. The molecule has 1 fully saturated rings. The van der Waals surface area contributed by atoms with Gasteiger partial charge in [0.25, 0.3) is 0 Å². The molecule has 0 spiro atoms. The summed E-state index contributed by atoms with van der Waals surface area (Å²) in [5.41, 5.74) is 0.157. The van der Waals surface area contributed by atoms with Gasteiger partial charge in [-0.3, -0.25) is 14.6 Å². The molecule has 14 heteroatoms. The quantitative estimate of drug-likeness (QED) is 0.307. The Labute approximate surface area is 230 Å². The number of nitrogens with zero attached hydrogens (tertiary/aromatic N) is 6. The Morgan fingerprint density at radius 2 is 1.68 bits per heavy atom. The molecule has 40 heavy (non-hydrogen) atoms. The van der Waals surface area contributed by atoms with E-state index in [0.29, 0.717) is 30.8 Å². The largest absolute Gasteiger partial charge is 0.355 e. The summed E-state index contributed by atoms with van der Waals surface area (Å²) in [6.07, 6.45) is 4.31. The third-order valence-corrected chi connectivity index (χ3v) is 7.34. The molecule has 2 N–H and O–H groups in total. The van der Waals surface area contributed by atoms with Gasteiger partial charge in [-0.15, -0.1) is 20.4 Å². The number of halogens is 3. The van der Waals surface area contributed by atoms with Crippen LogP contribution in [-0.2, 0) is 22.4 Å². The lowest BCUT2D eigenvalue weighted by Gasteiger charge is -2.31. The summed E-state index contributed by atoms with van der Waals surface area (Å²) in [5, 5.41) is 22.7. The average Bonchev–Trinajstić information content (AvgIpc) is 3.42. The van der Waals surface area contributed by atoms with Crippen molar-refractivity contribution in [2.45, 2.75) is 31.6 Å². The van der Waals surface area contributed by atoms with Crippen LogP contribution in [0, 0.1) is 17.5 Å². The molecule has 4 aromatic rings. The molecule has 0 aliphatic carbocycles. The molecule has 0 saturated carbocycles. The fourth-order valence-electron chi connectivity index (χ4n) is 4.30. The second-order valence-electron chi connectivity index (χ2n) is 9.12. The lowest BCUT2D eigenvalue weighted by atomic mass is 9.98. The first-order valence-corrected chi connectivity index (χ1v) is 13.2. The number of carbonyl (C=O) groups is 2. The Bertz CT molecular complexity index is 1500. The van der Waals surface area contributed by atoms with Gasteiger partial charge in [0.2, 0.25) is 16.9 Å². The number of piperidine rings is 1. The van der Waals surface area contributed by atoms with Crippen LogP contribution in [0.25, 0.3) is 0 Å². The average molecular weight is 569 g/mol. The van der Waals surface area contributed by atoms with Crippen LogP contribution in [0.5, 0.6) is 0 Å². The predicted molar refractivity (Wildman–Crippen MR) is 141 cm³/mol. The fraction of sp³-hybridized carbons (Fsp3) is 0.269. The number of benzene rings is 1. The van der Waals surface area contributed by atoms with Crippen LogP contribution in [0.15, 0.2) is 48.8 Å². The molecule has 0 radical (unpaired) electrons. The highest BCUT2D eigenvalue weighted by molar-refractivity contribution is 7.15. The number of nitrogens with one attached hydrogen (secondary N) is 2. The van der Waals surface area contributed by atoms with E-state index in [0.717, 1.165) is 29.5 Å². The summed E-state index contributed by atoms with van der Waals surface area (Å²) >= 11 is 1.19. The molecule has 0 atom stereocenters. The highest BCUT2D eigenvalue weighted by Gasteiger charge is 2.25. The summed E-state index contributed by atoms with van der Waals surface area (Å²) < 4.78 is 41.1. The second kappa shape index (κ2) is 12.2. The topological polar surface area (TPSA) is 126 Å². The Balaban J connectivity index is 1.10. The lowest BCUT2D eigenvalue weighted by molar-refractivity contribution is -0.116. The highest BCUT2D eigenvalue weighted by Crippen LogP contribution is 2.33. The van der Waals surface area contributed by atoms with Gasteiger partial charge in [-0.1, -0.05) is 17.4 Å². The molecule has 1 aliphatic rings. The third kappa shape index (κ3) is 6.57. The molecule has 1 aliphatic heterocycles. The van der Waals surface area contributed by atoms with Gasteiger partial charge in [-0.2, -0.15) is 0 Å². The van der Waals surface area contributed by atoms with Gasteiger partial charge < -0.3 is 15.5 Å². The van der Waals surface area contributed by atoms with E-state index in [1.54, 1.807) is 30.6 Å². The molecule has 5 rings (SSSR count). The Morgan fingerprint density at radius 1 is 0.900 bits per heavy atom. The normalized spacial score (nSPS) is 13.7. The molecule has 1 aromatic carbocycles. The van der Waals surface area contributed by atoms with E-state index in [4.69, 9.17) is 0 Å². The first-order valence-electron chi connectivity index (χ1n) is 12.4. The van der Waals surface area contributed by atoms with Gasteiger partial charge in [0.1, 0.15) is 10.8 Å². The van der Waals surface area contributed by atoms with Crippen molar-refractivity contribution in [3.8, 4) is 0 Å². The molecular formula is C26H23F3N8O2S. The van der Waals surface area contributed by atoms with Crippen molar-refractivity contribution in [3.05, 3.63) is 82.4 Å². The van der Waals surface area contributed by atoms with Gasteiger partial charge in [0.05, 0.1) is 12.8 Å². The first-order chi connectivity index (χ1) is 19.4. The van der Waals surface area contributed by atoms with Crippen molar-refractivity contribution < 1.29 is 22.8 Å². The molecule has 0 unspecified atom stereocenters. The zero-order valence-corrected chi connectivity index (χ0v) is 21.8. The summed E-state index contributed by atoms with van der Waals surface area (Å²) in [6.45, 7) is 1.37. The van der Waals surface area contributed by atoms with Crippen molar-refractivity contribution in [1.82, 2.24) is 25.4 Å². The van der Waals surface area contributed by atoms with Crippen LogP contribution in [-0.4, -0.2) is 50.3 Å². The van der Waals surface area contributed by atoms with Gasteiger partial charge in [0, 0.05) is 37.0 Å². The summed E-state index contributed by atoms with van der Waals surface area (Å²) in [7, 11) is 0. The molecule has 4 heterocycles. The summed E-state index contributed by atoms with van der Waals surface area (Å²) in [5.74, 6) is -3.39. The van der Waals surface area contributed by atoms with Gasteiger partial charge in [0.15, 0.2) is 23.3 Å². The van der Waals surface area contributed by atoms with Crippen LogP contribution in [0.4, 0.5) is 29.9 Å². The maximum Gasteiger partial charge on any atom is 0.230 e. The van der Waals surface area contributed by atoms with Crippen molar-refractivity contribution in [3.63, 3.8) is 0 Å². The van der Waals surface area contributed by atoms with Crippen LogP contribution in [0.1, 0.15) is 34.9 Å². The number of anilines is 3. The van der Waals surface area contributed by atoms with Crippen molar-refractivity contribution in [2.24, 2.45) is 0 Å². The standard InChI is InChI=1S/C26H23F3N8O2S/c27-18-3-4-19(28)24(29)17(18)13-23(39)32-26-36-35-25(40-26)16-7-10-37(11-8-16)21-6-5-20(33-34-21)31-22(38)12-15-2-1-9-30-14-15/h1-6,9,14,16H,7-8,10-13H2,(H,31,33,38)(H,32,36,39). The molecule has 0 bridgehead atoms. The maximum atomic E-state index is 13.9. The first kappa shape index (κ1) is 27.1. The van der Waals surface area contributed by atoms with E-state index in [2.05, 4.69) is 40.9 Å². The number of aromatic nitrogens is 5. The minimum atomic E-state index is -1.38. The van der Waals surface area contributed by atoms with E-state index in [1.165, 1.54) is 11.3 Å². The number of amides is 2. The monoisotopic (exact) mass is 568 g/mol.